The number of fused-ring (bicyclic) bond motifs is 3. The van der Waals surface area contributed by atoms with Gasteiger partial charge in [-0.1, -0.05) is 30.8 Å². The van der Waals surface area contributed by atoms with Gasteiger partial charge < -0.3 is 4.90 Å². The van der Waals surface area contributed by atoms with Crippen molar-refractivity contribution in [2.24, 2.45) is 0 Å². The fourth-order valence-corrected chi connectivity index (χ4v) is 4.76. The minimum absolute atomic E-state index is 0.0490. The second-order valence-corrected chi connectivity index (χ2v) is 8.26. The Balaban J connectivity index is 1.70. The van der Waals surface area contributed by atoms with Gasteiger partial charge in [0.1, 0.15) is 0 Å². The molecule has 0 aliphatic carbocycles. The molecule has 3 heterocycles. The van der Waals surface area contributed by atoms with Crippen molar-refractivity contribution in [2.75, 3.05) is 12.3 Å². The Kier molecular flexibility index (Phi) is 5.39. The lowest BCUT2D eigenvalue weighted by Crippen LogP contribution is -2.42. The van der Waals surface area contributed by atoms with Crippen molar-refractivity contribution in [1.29, 1.82) is 0 Å². The number of benzene rings is 1. The molecule has 8 heteroatoms. The number of rotatable bonds is 5. The zero-order valence-corrected chi connectivity index (χ0v) is 17.1. The highest BCUT2D eigenvalue weighted by Crippen LogP contribution is 2.23. The van der Waals surface area contributed by atoms with Crippen LogP contribution in [0.4, 0.5) is 0 Å². The molecular weight excluding hydrogens is 374 g/mol. The molecule has 0 spiro atoms. The van der Waals surface area contributed by atoms with E-state index in [1.807, 2.05) is 40.5 Å². The SMILES string of the molecule is CCCn1c(=O)c2ccccc2n2c(SCC(=O)N3CCCCC3C)nnc12. The van der Waals surface area contributed by atoms with E-state index in [0.29, 0.717) is 34.7 Å². The van der Waals surface area contributed by atoms with E-state index in [1.165, 1.54) is 18.2 Å². The maximum absolute atomic E-state index is 12.9. The van der Waals surface area contributed by atoms with E-state index in [4.69, 9.17) is 0 Å². The van der Waals surface area contributed by atoms with Gasteiger partial charge in [0.2, 0.25) is 11.7 Å². The van der Waals surface area contributed by atoms with Crippen molar-refractivity contribution in [3.63, 3.8) is 0 Å². The Hall–Kier alpha value is -2.35. The molecule has 1 unspecified atom stereocenters. The number of carbonyl (C=O) groups excluding carboxylic acids is 1. The molecule has 2 aromatic heterocycles. The van der Waals surface area contributed by atoms with Gasteiger partial charge in [-0.2, -0.15) is 0 Å². The van der Waals surface area contributed by atoms with E-state index in [2.05, 4.69) is 17.1 Å². The number of thioether (sulfide) groups is 1. The molecule has 3 aromatic rings. The van der Waals surface area contributed by atoms with Crippen LogP contribution in [-0.4, -0.2) is 48.3 Å². The summed E-state index contributed by atoms with van der Waals surface area (Å²) in [5.74, 6) is 0.999. The van der Waals surface area contributed by atoms with Gasteiger partial charge in [0.05, 0.1) is 16.7 Å². The minimum atomic E-state index is -0.0490. The summed E-state index contributed by atoms with van der Waals surface area (Å²) < 4.78 is 3.58. The van der Waals surface area contributed by atoms with Crippen LogP contribution < -0.4 is 5.56 Å². The van der Waals surface area contributed by atoms with E-state index in [9.17, 15) is 9.59 Å². The number of amides is 1. The Morgan fingerprint density at radius 3 is 2.86 bits per heavy atom. The van der Waals surface area contributed by atoms with Gasteiger partial charge >= 0.3 is 0 Å². The van der Waals surface area contributed by atoms with Crippen LogP contribution in [0.1, 0.15) is 39.5 Å². The quantitative estimate of drug-likeness (QED) is 0.617. The summed E-state index contributed by atoms with van der Waals surface area (Å²) in [5, 5.41) is 9.88. The molecule has 0 radical (unpaired) electrons. The van der Waals surface area contributed by atoms with E-state index in [1.54, 1.807) is 4.57 Å². The van der Waals surface area contributed by atoms with Crippen molar-refractivity contribution < 1.29 is 4.79 Å². The lowest BCUT2D eigenvalue weighted by Gasteiger charge is -2.33. The maximum Gasteiger partial charge on any atom is 0.262 e. The summed E-state index contributed by atoms with van der Waals surface area (Å²) in [5.41, 5.74) is 0.730. The fraction of sp³-hybridized carbons (Fsp3) is 0.500. The zero-order chi connectivity index (χ0) is 19.7. The number of aryl methyl sites for hydroxylation is 1. The predicted octanol–water partition coefficient (Wildman–Crippen LogP) is 2.95. The number of carbonyl (C=O) groups is 1. The molecule has 7 nitrogen and oxygen atoms in total. The second kappa shape index (κ2) is 7.95. The number of hydrogen-bond donors (Lipinski definition) is 0. The highest BCUT2D eigenvalue weighted by atomic mass is 32.2. The number of aromatic nitrogens is 4. The largest absolute Gasteiger partial charge is 0.339 e. The Bertz CT molecular complexity index is 1070. The van der Waals surface area contributed by atoms with Crippen molar-refractivity contribution >= 4 is 34.3 Å². The Morgan fingerprint density at radius 2 is 2.07 bits per heavy atom. The highest BCUT2D eigenvalue weighted by Gasteiger charge is 2.24. The first-order valence-electron chi connectivity index (χ1n) is 9.90. The number of piperidine rings is 1. The van der Waals surface area contributed by atoms with Gasteiger partial charge in [0.25, 0.3) is 5.56 Å². The number of para-hydroxylation sites is 1. The summed E-state index contributed by atoms with van der Waals surface area (Å²) in [7, 11) is 0. The number of likely N-dealkylation sites (tertiary alicyclic amines) is 1. The molecule has 1 amide bonds. The van der Waals surface area contributed by atoms with Crippen LogP contribution in [0.25, 0.3) is 16.7 Å². The van der Waals surface area contributed by atoms with Crippen LogP contribution in [0.3, 0.4) is 0 Å². The molecule has 28 heavy (non-hydrogen) atoms. The lowest BCUT2D eigenvalue weighted by molar-refractivity contribution is -0.131. The Morgan fingerprint density at radius 1 is 1.25 bits per heavy atom. The van der Waals surface area contributed by atoms with Crippen LogP contribution in [0, 0.1) is 0 Å². The molecule has 1 aromatic carbocycles. The first kappa shape index (κ1) is 19.0. The average Bonchev–Trinajstić information content (AvgIpc) is 3.13. The number of nitrogens with zero attached hydrogens (tertiary/aromatic N) is 5. The van der Waals surface area contributed by atoms with Crippen molar-refractivity contribution in [2.45, 2.75) is 57.3 Å². The predicted molar refractivity (Wildman–Crippen MR) is 111 cm³/mol. The molecule has 4 rings (SSSR count). The maximum atomic E-state index is 12.9. The van der Waals surface area contributed by atoms with Crippen LogP contribution in [0.15, 0.2) is 34.2 Å². The second-order valence-electron chi connectivity index (χ2n) is 7.31. The standard InChI is InChI=1S/C20H25N5O2S/c1-3-11-24-18(27)15-9-4-5-10-16(15)25-19(24)21-22-20(25)28-13-17(26)23-12-7-6-8-14(23)2/h4-5,9-10,14H,3,6-8,11-13H2,1-2H3. The topological polar surface area (TPSA) is 72.5 Å². The van der Waals surface area contributed by atoms with Crippen molar-refractivity contribution in [3.8, 4) is 0 Å². The summed E-state index contributed by atoms with van der Waals surface area (Å²) in [6.45, 7) is 5.56. The molecule has 0 saturated carbocycles. The van der Waals surface area contributed by atoms with Crippen LogP contribution in [0.5, 0.6) is 0 Å². The van der Waals surface area contributed by atoms with Gasteiger partial charge in [-0.3, -0.25) is 18.6 Å². The molecule has 1 atom stereocenters. The molecule has 0 N–H and O–H groups in total. The van der Waals surface area contributed by atoms with E-state index < -0.39 is 0 Å². The van der Waals surface area contributed by atoms with Gasteiger partial charge in [-0.05, 0) is 44.7 Å². The molecule has 1 aliphatic rings. The average molecular weight is 400 g/mol. The van der Waals surface area contributed by atoms with Crippen molar-refractivity contribution in [1.82, 2.24) is 24.1 Å². The third-order valence-electron chi connectivity index (χ3n) is 5.37. The Labute approximate surface area is 167 Å². The van der Waals surface area contributed by atoms with Crippen LogP contribution in [-0.2, 0) is 11.3 Å². The highest BCUT2D eigenvalue weighted by molar-refractivity contribution is 7.99. The summed E-state index contributed by atoms with van der Waals surface area (Å²) in [6.07, 6.45) is 4.16. The van der Waals surface area contributed by atoms with Gasteiger partial charge in [-0.15, -0.1) is 10.2 Å². The molecule has 1 fully saturated rings. The summed E-state index contributed by atoms with van der Waals surface area (Å²) >= 11 is 1.39. The third-order valence-corrected chi connectivity index (χ3v) is 6.29. The minimum Gasteiger partial charge on any atom is -0.339 e. The number of hydrogen-bond acceptors (Lipinski definition) is 5. The van der Waals surface area contributed by atoms with Gasteiger partial charge in [0.15, 0.2) is 5.16 Å². The summed E-state index contributed by atoms with van der Waals surface area (Å²) in [4.78, 5) is 27.6. The molecular formula is C20H25N5O2S. The lowest BCUT2D eigenvalue weighted by atomic mass is 10.0. The van der Waals surface area contributed by atoms with Gasteiger partial charge in [0, 0.05) is 19.1 Å². The summed E-state index contributed by atoms with van der Waals surface area (Å²) in [6, 6.07) is 7.80. The molecule has 1 aliphatic heterocycles. The van der Waals surface area contributed by atoms with Crippen molar-refractivity contribution in [3.05, 3.63) is 34.6 Å². The normalized spacial score (nSPS) is 17.5. The van der Waals surface area contributed by atoms with Crippen LogP contribution in [0.2, 0.25) is 0 Å². The van der Waals surface area contributed by atoms with Gasteiger partial charge in [-0.25, -0.2) is 0 Å². The monoisotopic (exact) mass is 399 g/mol. The van der Waals surface area contributed by atoms with E-state index in [0.717, 1.165) is 31.3 Å². The first-order chi connectivity index (χ1) is 13.6. The van der Waals surface area contributed by atoms with Crippen LogP contribution >= 0.6 is 11.8 Å². The molecule has 1 saturated heterocycles. The third kappa shape index (κ3) is 3.30. The molecule has 148 valence electrons. The fourth-order valence-electron chi connectivity index (χ4n) is 3.93. The zero-order valence-electron chi connectivity index (χ0n) is 16.3. The first-order valence-corrected chi connectivity index (χ1v) is 10.9. The van der Waals surface area contributed by atoms with E-state index in [-0.39, 0.29) is 11.5 Å². The van der Waals surface area contributed by atoms with E-state index >= 15 is 0 Å². The molecule has 0 bridgehead atoms. The smallest absolute Gasteiger partial charge is 0.262 e.